The smallest absolute Gasteiger partial charge is 0.375 e. The average Bonchev–Trinajstić information content (AvgIpc) is 2.59. The fraction of sp³-hybridized carbons (Fsp3) is 0.455. The van der Waals surface area contributed by atoms with Crippen LogP contribution in [-0.2, 0) is 10.1 Å². The maximum Gasteiger partial charge on any atom is 0.534 e. The van der Waals surface area contributed by atoms with Gasteiger partial charge < -0.3 is 4.18 Å². The van der Waals surface area contributed by atoms with Crippen LogP contribution >= 0.6 is 22.6 Å². The summed E-state index contributed by atoms with van der Waals surface area (Å²) >= 11 is 2.18. The first-order valence-electron chi connectivity index (χ1n) is 9.65. The van der Waals surface area contributed by atoms with E-state index in [2.05, 4.69) is 22.6 Å². The van der Waals surface area contributed by atoms with Crippen LogP contribution in [0.2, 0.25) is 0 Å². The van der Waals surface area contributed by atoms with Crippen molar-refractivity contribution in [3.8, 4) is 16.9 Å². The third kappa shape index (κ3) is 4.95. The molecule has 0 amide bonds. The van der Waals surface area contributed by atoms with Crippen LogP contribution in [0.5, 0.6) is 5.75 Å². The van der Waals surface area contributed by atoms with Crippen LogP contribution in [0.15, 0.2) is 30.3 Å². The van der Waals surface area contributed by atoms with Crippen molar-refractivity contribution in [2.24, 2.45) is 0 Å². The van der Waals surface area contributed by atoms with Gasteiger partial charge in [0.1, 0.15) is 5.75 Å². The minimum Gasteiger partial charge on any atom is -0.375 e. The minimum atomic E-state index is -5.81. The zero-order chi connectivity index (χ0) is 23.0. The number of rotatable bonds is 6. The fourth-order valence-corrected chi connectivity index (χ4v) is 4.54. The van der Waals surface area contributed by atoms with E-state index in [9.17, 15) is 21.6 Å². The van der Waals surface area contributed by atoms with Gasteiger partial charge in [-0.05, 0) is 68.7 Å². The highest BCUT2D eigenvalue weighted by Crippen LogP contribution is 2.47. The first-order valence-corrected chi connectivity index (χ1v) is 12.1. The van der Waals surface area contributed by atoms with E-state index in [4.69, 9.17) is 4.18 Å². The van der Waals surface area contributed by atoms with Crippen LogP contribution in [0, 0.1) is 3.57 Å². The second-order valence-electron chi connectivity index (χ2n) is 8.10. The molecule has 3 nitrogen and oxygen atoms in total. The van der Waals surface area contributed by atoms with Crippen molar-refractivity contribution in [3.63, 3.8) is 0 Å². The molecule has 0 saturated carbocycles. The van der Waals surface area contributed by atoms with Gasteiger partial charge in [0, 0.05) is 9.13 Å². The van der Waals surface area contributed by atoms with Gasteiger partial charge in [-0.25, -0.2) is 0 Å². The van der Waals surface area contributed by atoms with Gasteiger partial charge >= 0.3 is 15.6 Å². The van der Waals surface area contributed by atoms with E-state index in [1.54, 1.807) is 6.07 Å². The van der Waals surface area contributed by atoms with Gasteiger partial charge in [0.2, 0.25) is 0 Å². The van der Waals surface area contributed by atoms with Crippen LogP contribution in [0.3, 0.4) is 0 Å². The van der Waals surface area contributed by atoms with Gasteiger partial charge in [-0.3, -0.25) is 0 Å². The standard InChI is InChI=1S/C22H26F3IO3S/c1-12(2)16-11-17(13(3)4)21(29-30(27,28)22(23,24)25)19(14(5)6)20(16)15-9-7-8-10-18(15)26/h7-14H,1-6H3. The molecule has 30 heavy (non-hydrogen) atoms. The van der Waals surface area contributed by atoms with Crippen LogP contribution < -0.4 is 4.18 Å². The molecule has 0 heterocycles. The first-order chi connectivity index (χ1) is 13.7. The van der Waals surface area contributed by atoms with E-state index in [-0.39, 0.29) is 23.5 Å². The van der Waals surface area contributed by atoms with E-state index in [1.165, 1.54) is 0 Å². The molecule has 0 saturated heterocycles. The Bertz CT molecular complexity index is 1030. The molecule has 0 fully saturated rings. The molecule has 0 aliphatic heterocycles. The highest BCUT2D eigenvalue weighted by molar-refractivity contribution is 14.1. The Balaban J connectivity index is 3.04. The molecular weight excluding hydrogens is 528 g/mol. The predicted molar refractivity (Wildman–Crippen MR) is 122 cm³/mol. The van der Waals surface area contributed by atoms with Gasteiger partial charge in [-0.15, -0.1) is 0 Å². The maximum atomic E-state index is 13.2. The zero-order valence-electron chi connectivity index (χ0n) is 17.8. The summed E-state index contributed by atoms with van der Waals surface area (Å²) in [4.78, 5) is 0. The largest absolute Gasteiger partial charge is 0.534 e. The van der Waals surface area contributed by atoms with E-state index in [0.29, 0.717) is 11.1 Å². The van der Waals surface area contributed by atoms with Crippen molar-refractivity contribution < 1.29 is 25.8 Å². The molecule has 0 radical (unpaired) electrons. The molecule has 0 unspecified atom stereocenters. The quantitative estimate of drug-likeness (QED) is 0.210. The number of alkyl halides is 3. The average molecular weight is 554 g/mol. The lowest BCUT2D eigenvalue weighted by molar-refractivity contribution is -0.0500. The van der Waals surface area contributed by atoms with Crippen LogP contribution in [0.4, 0.5) is 13.2 Å². The second kappa shape index (κ2) is 9.06. The van der Waals surface area contributed by atoms with Crippen molar-refractivity contribution >= 4 is 32.7 Å². The summed E-state index contributed by atoms with van der Waals surface area (Å²) in [5, 5.41) is 0. The van der Waals surface area contributed by atoms with E-state index in [1.807, 2.05) is 65.8 Å². The molecule has 0 spiro atoms. The fourth-order valence-electron chi connectivity index (χ4n) is 3.38. The number of halogens is 4. The predicted octanol–water partition coefficient (Wildman–Crippen LogP) is 7.56. The summed E-state index contributed by atoms with van der Waals surface area (Å²) in [5.41, 5.74) is -2.06. The Morgan fingerprint density at radius 3 is 1.87 bits per heavy atom. The molecule has 2 rings (SSSR count). The maximum absolute atomic E-state index is 13.2. The van der Waals surface area contributed by atoms with Crippen LogP contribution in [0.25, 0.3) is 11.1 Å². The Kier molecular flexibility index (Phi) is 7.54. The Labute approximate surface area is 190 Å². The summed E-state index contributed by atoms with van der Waals surface area (Å²) in [5.74, 6) is -0.649. The summed E-state index contributed by atoms with van der Waals surface area (Å²) in [6, 6.07) is 9.33. The highest BCUT2D eigenvalue weighted by atomic mass is 127. The van der Waals surface area contributed by atoms with E-state index >= 15 is 0 Å². The molecule has 0 aliphatic carbocycles. The second-order valence-corrected chi connectivity index (χ2v) is 10.8. The molecule has 0 atom stereocenters. The molecule has 2 aromatic rings. The Hall–Kier alpha value is -1.29. The summed E-state index contributed by atoms with van der Waals surface area (Å²) in [6.45, 7) is 11.3. The van der Waals surface area contributed by atoms with E-state index in [0.717, 1.165) is 20.3 Å². The monoisotopic (exact) mass is 554 g/mol. The molecule has 0 aliphatic rings. The Morgan fingerprint density at radius 1 is 0.900 bits per heavy atom. The first kappa shape index (κ1) is 25.0. The SMILES string of the molecule is CC(C)c1cc(C(C)C)c(-c2ccccc2I)c(C(C)C)c1OS(=O)(=O)C(F)(F)F. The molecule has 0 aromatic heterocycles. The molecule has 8 heteroatoms. The van der Waals surface area contributed by atoms with Gasteiger partial charge in [0.25, 0.3) is 0 Å². The lowest BCUT2D eigenvalue weighted by Crippen LogP contribution is -2.29. The van der Waals surface area contributed by atoms with E-state index < -0.39 is 15.6 Å². The number of benzene rings is 2. The topological polar surface area (TPSA) is 43.4 Å². The van der Waals surface area contributed by atoms with Crippen LogP contribution in [0.1, 0.15) is 76.0 Å². The van der Waals surface area contributed by atoms with Crippen molar-refractivity contribution in [2.45, 2.75) is 64.8 Å². The number of hydrogen-bond donors (Lipinski definition) is 0. The van der Waals surface area contributed by atoms with Crippen molar-refractivity contribution in [2.75, 3.05) is 0 Å². The van der Waals surface area contributed by atoms with Crippen LogP contribution in [-0.4, -0.2) is 13.9 Å². The third-order valence-corrected chi connectivity index (χ3v) is 6.71. The van der Waals surface area contributed by atoms with Crippen molar-refractivity contribution in [1.82, 2.24) is 0 Å². The molecule has 166 valence electrons. The molecule has 0 N–H and O–H groups in total. The lowest BCUT2D eigenvalue weighted by atomic mass is 9.81. The van der Waals surface area contributed by atoms with Gasteiger partial charge in [-0.1, -0.05) is 65.8 Å². The van der Waals surface area contributed by atoms with Crippen molar-refractivity contribution in [3.05, 3.63) is 50.6 Å². The third-order valence-electron chi connectivity index (χ3n) is 4.82. The summed E-state index contributed by atoms with van der Waals surface area (Å²) < 4.78 is 69.2. The van der Waals surface area contributed by atoms with Gasteiger partial charge in [0.05, 0.1) is 0 Å². The lowest BCUT2D eigenvalue weighted by Gasteiger charge is -2.27. The minimum absolute atomic E-state index is 0.0688. The molecule has 2 aromatic carbocycles. The van der Waals surface area contributed by atoms with Gasteiger partial charge in [-0.2, -0.15) is 21.6 Å². The molecule has 0 bridgehead atoms. The zero-order valence-corrected chi connectivity index (χ0v) is 20.7. The normalized spacial score (nSPS) is 12.8. The summed E-state index contributed by atoms with van der Waals surface area (Å²) in [6.07, 6.45) is 0. The highest BCUT2D eigenvalue weighted by Gasteiger charge is 2.49. The Morgan fingerprint density at radius 2 is 1.43 bits per heavy atom. The van der Waals surface area contributed by atoms with Crippen molar-refractivity contribution in [1.29, 1.82) is 0 Å². The molecular formula is C22H26F3IO3S. The van der Waals surface area contributed by atoms with Gasteiger partial charge in [0.15, 0.2) is 0 Å². The number of hydrogen-bond acceptors (Lipinski definition) is 3. The summed E-state index contributed by atoms with van der Waals surface area (Å²) in [7, 11) is -5.81.